The Labute approximate surface area is 128 Å². The summed E-state index contributed by atoms with van der Waals surface area (Å²) in [7, 11) is 0. The maximum Gasteiger partial charge on any atom is 0.221 e. The molecule has 1 N–H and O–H groups in total. The molecule has 1 aromatic heterocycles. The molecular weight excluding hydrogens is 266 g/mol. The van der Waals surface area contributed by atoms with Crippen molar-refractivity contribution in [3.05, 3.63) is 11.9 Å². The Morgan fingerprint density at radius 2 is 1.86 bits per heavy atom. The molecule has 0 radical (unpaired) electrons. The predicted molar refractivity (Wildman–Crippen MR) is 86.0 cm³/mol. The van der Waals surface area contributed by atoms with Gasteiger partial charge in [-0.1, -0.05) is 33.6 Å². The fourth-order valence-corrected chi connectivity index (χ4v) is 1.94. The van der Waals surface area contributed by atoms with Crippen molar-refractivity contribution in [1.82, 2.24) is 9.97 Å². The van der Waals surface area contributed by atoms with E-state index < -0.39 is 0 Å². The Morgan fingerprint density at radius 1 is 1.00 bits per heavy atom. The maximum atomic E-state index is 5.77. The van der Waals surface area contributed by atoms with Gasteiger partial charge in [-0.2, -0.15) is 0 Å². The van der Waals surface area contributed by atoms with Crippen molar-refractivity contribution in [3.8, 4) is 5.88 Å². The molecule has 0 aliphatic carbocycles. The Morgan fingerprint density at radius 3 is 2.57 bits per heavy atom. The van der Waals surface area contributed by atoms with E-state index >= 15 is 0 Å². The van der Waals surface area contributed by atoms with E-state index in [1.165, 1.54) is 0 Å². The number of hydrogen-bond donors (Lipinski definition) is 1. The highest BCUT2D eigenvalue weighted by molar-refractivity contribution is 5.48. The molecule has 120 valence electrons. The van der Waals surface area contributed by atoms with Crippen molar-refractivity contribution in [1.29, 1.82) is 0 Å². The van der Waals surface area contributed by atoms with Crippen LogP contribution in [0.3, 0.4) is 0 Å². The zero-order valence-electron chi connectivity index (χ0n) is 13.7. The minimum absolute atomic E-state index is 0.532. The quantitative estimate of drug-likeness (QED) is 0.599. The maximum absolute atomic E-state index is 5.77. The van der Waals surface area contributed by atoms with Gasteiger partial charge in [0, 0.05) is 13.2 Å². The predicted octanol–water partition coefficient (Wildman–Crippen LogP) is 3.45. The normalized spacial score (nSPS) is 10.6. The topological polar surface area (TPSA) is 56.3 Å². The van der Waals surface area contributed by atoms with Crippen LogP contribution in [0, 0.1) is 0 Å². The Hall–Kier alpha value is -1.36. The molecule has 1 rings (SSSR count). The molecule has 21 heavy (non-hydrogen) atoms. The van der Waals surface area contributed by atoms with E-state index in [9.17, 15) is 0 Å². The molecule has 5 nitrogen and oxygen atoms in total. The SMILES string of the molecule is CCCCOCCOc1ncnc(NCCC)c1CCC. The number of anilines is 1. The first kappa shape index (κ1) is 17.7. The highest BCUT2D eigenvalue weighted by atomic mass is 16.5. The van der Waals surface area contributed by atoms with Gasteiger partial charge < -0.3 is 14.8 Å². The van der Waals surface area contributed by atoms with Gasteiger partial charge in [-0.3, -0.25) is 0 Å². The van der Waals surface area contributed by atoms with Crippen molar-refractivity contribution in [2.24, 2.45) is 0 Å². The Balaban J connectivity index is 2.54. The van der Waals surface area contributed by atoms with E-state index in [4.69, 9.17) is 9.47 Å². The molecule has 1 heterocycles. The number of nitrogens with one attached hydrogen (secondary N) is 1. The molecule has 0 atom stereocenters. The van der Waals surface area contributed by atoms with Crippen LogP contribution in [-0.2, 0) is 11.2 Å². The molecule has 5 heteroatoms. The lowest BCUT2D eigenvalue weighted by Crippen LogP contribution is -2.12. The third-order valence-corrected chi connectivity index (χ3v) is 3.06. The molecule has 0 saturated heterocycles. The summed E-state index contributed by atoms with van der Waals surface area (Å²) in [5.41, 5.74) is 1.07. The summed E-state index contributed by atoms with van der Waals surface area (Å²) in [6.45, 7) is 9.29. The van der Waals surface area contributed by atoms with Crippen molar-refractivity contribution in [2.45, 2.75) is 52.9 Å². The molecule has 0 aliphatic heterocycles. The van der Waals surface area contributed by atoms with E-state index in [1.807, 2.05) is 0 Å². The molecule has 0 unspecified atom stereocenters. The van der Waals surface area contributed by atoms with Gasteiger partial charge >= 0.3 is 0 Å². The largest absolute Gasteiger partial charge is 0.475 e. The van der Waals surface area contributed by atoms with Crippen LogP contribution in [0.1, 0.15) is 52.0 Å². The highest BCUT2D eigenvalue weighted by Gasteiger charge is 2.11. The van der Waals surface area contributed by atoms with Gasteiger partial charge in [-0.25, -0.2) is 9.97 Å². The van der Waals surface area contributed by atoms with Crippen molar-refractivity contribution in [2.75, 3.05) is 31.7 Å². The lowest BCUT2D eigenvalue weighted by Gasteiger charge is -2.14. The summed E-state index contributed by atoms with van der Waals surface area (Å²) in [6, 6.07) is 0. The molecule has 0 amide bonds. The van der Waals surface area contributed by atoms with Crippen LogP contribution in [0.25, 0.3) is 0 Å². The second-order valence-corrected chi connectivity index (χ2v) is 5.00. The lowest BCUT2D eigenvalue weighted by molar-refractivity contribution is 0.0961. The summed E-state index contributed by atoms with van der Waals surface area (Å²) in [4.78, 5) is 8.60. The summed E-state index contributed by atoms with van der Waals surface area (Å²) < 4.78 is 11.3. The van der Waals surface area contributed by atoms with E-state index in [0.29, 0.717) is 19.1 Å². The number of rotatable bonds is 12. The monoisotopic (exact) mass is 295 g/mol. The highest BCUT2D eigenvalue weighted by Crippen LogP contribution is 2.23. The van der Waals surface area contributed by atoms with Crippen LogP contribution in [0.4, 0.5) is 5.82 Å². The number of unbranched alkanes of at least 4 members (excludes halogenated alkanes) is 1. The number of ether oxygens (including phenoxy) is 2. The molecule has 0 spiro atoms. The zero-order chi connectivity index (χ0) is 15.3. The smallest absolute Gasteiger partial charge is 0.221 e. The lowest BCUT2D eigenvalue weighted by atomic mass is 10.1. The van der Waals surface area contributed by atoms with E-state index in [-0.39, 0.29) is 0 Å². The zero-order valence-corrected chi connectivity index (χ0v) is 13.7. The summed E-state index contributed by atoms with van der Waals surface area (Å²) in [6.07, 6.45) is 6.83. The van der Waals surface area contributed by atoms with E-state index in [1.54, 1.807) is 6.33 Å². The average molecular weight is 295 g/mol. The van der Waals surface area contributed by atoms with Gasteiger partial charge in [-0.15, -0.1) is 0 Å². The van der Waals surface area contributed by atoms with E-state index in [0.717, 1.165) is 56.6 Å². The summed E-state index contributed by atoms with van der Waals surface area (Å²) >= 11 is 0. The van der Waals surface area contributed by atoms with Gasteiger partial charge in [0.25, 0.3) is 0 Å². The van der Waals surface area contributed by atoms with Crippen LogP contribution >= 0.6 is 0 Å². The molecular formula is C16H29N3O2. The van der Waals surface area contributed by atoms with Crippen LogP contribution in [0.2, 0.25) is 0 Å². The molecule has 0 saturated carbocycles. The van der Waals surface area contributed by atoms with Crippen molar-refractivity contribution >= 4 is 5.82 Å². The van der Waals surface area contributed by atoms with Crippen LogP contribution in [0.5, 0.6) is 5.88 Å². The minimum atomic E-state index is 0.532. The van der Waals surface area contributed by atoms with Gasteiger partial charge in [0.15, 0.2) is 0 Å². The first-order valence-electron chi connectivity index (χ1n) is 8.11. The second kappa shape index (κ2) is 11.3. The third-order valence-electron chi connectivity index (χ3n) is 3.06. The Kier molecular flexibility index (Phi) is 9.53. The molecule has 0 aliphatic rings. The average Bonchev–Trinajstić information content (AvgIpc) is 2.50. The number of nitrogens with zero attached hydrogens (tertiary/aromatic N) is 2. The van der Waals surface area contributed by atoms with Crippen LogP contribution < -0.4 is 10.1 Å². The summed E-state index contributed by atoms with van der Waals surface area (Å²) in [5.74, 6) is 1.58. The van der Waals surface area contributed by atoms with Gasteiger partial charge in [0.05, 0.1) is 12.2 Å². The second-order valence-electron chi connectivity index (χ2n) is 5.00. The molecule has 0 bridgehead atoms. The summed E-state index contributed by atoms with van der Waals surface area (Å²) in [5, 5.41) is 3.34. The van der Waals surface area contributed by atoms with Gasteiger partial charge in [0.2, 0.25) is 5.88 Å². The minimum Gasteiger partial charge on any atom is -0.475 e. The first-order valence-corrected chi connectivity index (χ1v) is 8.11. The molecule has 0 aromatic carbocycles. The van der Waals surface area contributed by atoms with E-state index in [2.05, 4.69) is 36.1 Å². The number of aromatic nitrogens is 2. The van der Waals surface area contributed by atoms with Crippen LogP contribution in [0.15, 0.2) is 6.33 Å². The third kappa shape index (κ3) is 6.76. The van der Waals surface area contributed by atoms with Gasteiger partial charge in [0.1, 0.15) is 18.8 Å². The first-order chi connectivity index (χ1) is 10.3. The van der Waals surface area contributed by atoms with Crippen molar-refractivity contribution in [3.63, 3.8) is 0 Å². The van der Waals surface area contributed by atoms with Crippen molar-refractivity contribution < 1.29 is 9.47 Å². The Bertz CT molecular complexity index is 386. The van der Waals surface area contributed by atoms with Gasteiger partial charge in [-0.05, 0) is 19.3 Å². The van der Waals surface area contributed by atoms with Crippen LogP contribution in [-0.4, -0.2) is 36.3 Å². The number of hydrogen-bond acceptors (Lipinski definition) is 5. The molecule has 0 fully saturated rings. The molecule has 1 aromatic rings. The fraction of sp³-hybridized carbons (Fsp3) is 0.750. The fourth-order valence-electron chi connectivity index (χ4n) is 1.94. The standard InChI is InChI=1S/C16H29N3O2/c1-4-7-10-20-11-12-21-16-14(8-5-2)15(17-9-6-3)18-13-19-16/h13H,4-12H2,1-3H3,(H,17,18,19).